The molecule has 0 aromatic carbocycles. The van der Waals surface area contributed by atoms with Crippen LogP contribution in [0.1, 0.15) is 57.8 Å². The quantitative estimate of drug-likeness (QED) is 0.768. The van der Waals surface area contributed by atoms with Crippen LogP contribution in [0.15, 0.2) is 0 Å². The highest BCUT2D eigenvalue weighted by Gasteiger charge is 2.27. The van der Waals surface area contributed by atoms with E-state index in [2.05, 4.69) is 5.32 Å². The fourth-order valence-electron chi connectivity index (χ4n) is 3.32. The average Bonchev–Trinajstić information content (AvgIpc) is 2.82. The second kappa shape index (κ2) is 6.63. The number of alkyl halides is 1. The van der Waals surface area contributed by atoms with Gasteiger partial charge in [-0.2, -0.15) is 0 Å². The van der Waals surface area contributed by atoms with Gasteiger partial charge in [0.2, 0.25) is 5.91 Å². The van der Waals surface area contributed by atoms with Gasteiger partial charge in [-0.1, -0.05) is 25.7 Å². The van der Waals surface area contributed by atoms with Gasteiger partial charge in [0.25, 0.3) is 0 Å². The summed E-state index contributed by atoms with van der Waals surface area (Å²) in [6.07, 6.45) is 10.7. The molecule has 2 saturated carbocycles. The summed E-state index contributed by atoms with van der Waals surface area (Å²) in [5.41, 5.74) is 0. The minimum atomic E-state index is 0.263. The lowest BCUT2D eigenvalue weighted by molar-refractivity contribution is -0.123. The van der Waals surface area contributed by atoms with E-state index in [-0.39, 0.29) is 5.91 Å². The first-order chi connectivity index (χ1) is 8.29. The van der Waals surface area contributed by atoms with Crippen molar-refractivity contribution in [2.45, 2.75) is 63.8 Å². The van der Waals surface area contributed by atoms with E-state index in [0.717, 1.165) is 12.8 Å². The first-order valence-corrected chi connectivity index (χ1v) is 7.68. The van der Waals surface area contributed by atoms with Crippen LogP contribution in [-0.4, -0.2) is 17.8 Å². The number of halogens is 1. The van der Waals surface area contributed by atoms with Gasteiger partial charge in [-0.05, 0) is 37.5 Å². The number of carbonyl (C=O) groups is 1. The summed E-state index contributed by atoms with van der Waals surface area (Å²) in [7, 11) is 0. The van der Waals surface area contributed by atoms with E-state index in [1.54, 1.807) is 0 Å². The Balaban J connectivity index is 1.75. The third kappa shape index (κ3) is 3.87. The van der Waals surface area contributed by atoms with Gasteiger partial charge in [0.1, 0.15) is 0 Å². The molecule has 2 fully saturated rings. The highest BCUT2D eigenvalue weighted by atomic mass is 35.5. The number of hydrogen-bond donors (Lipinski definition) is 1. The Hall–Kier alpha value is -0.240. The van der Waals surface area contributed by atoms with Crippen molar-refractivity contribution in [3.63, 3.8) is 0 Å². The number of nitrogens with one attached hydrogen (secondary N) is 1. The van der Waals surface area contributed by atoms with Gasteiger partial charge in [-0.3, -0.25) is 4.79 Å². The maximum absolute atomic E-state index is 12.0. The maximum atomic E-state index is 12.0. The molecule has 0 bridgehead atoms. The largest absolute Gasteiger partial charge is 0.353 e. The SMILES string of the molecule is O=C(CC1CCCC1)NC1CCCCC1CCl. The summed E-state index contributed by atoms with van der Waals surface area (Å²) in [5, 5.41) is 3.22. The van der Waals surface area contributed by atoms with Gasteiger partial charge >= 0.3 is 0 Å². The van der Waals surface area contributed by atoms with E-state index in [9.17, 15) is 4.79 Å². The molecule has 1 N–H and O–H groups in total. The van der Waals surface area contributed by atoms with E-state index in [0.29, 0.717) is 23.8 Å². The first-order valence-electron chi connectivity index (χ1n) is 7.15. The molecule has 2 rings (SSSR count). The topological polar surface area (TPSA) is 29.1 Å². The van der Waals surface area contributed by atoms with Crippen molar-refractivity contribution in [3.8, 4) is 0 Å². The van der Waals surface area contributed by atoms with E-state index in [1.165, 1.54) is 44.9 Å². The van der Waals surface area contributed by atoms with Crippen LogP contribution in [0.3, 0.4) is 0 Å². The fourth-order valence-corrected chi connectivity index (χ4v) is 3.69. The Morgan fingerprint density at radius 2 is 1.71 bits per heavy atom. The summed E-state index contributed by atoms with van der Waals surface area (Å²) in [6.45, 7) is 0. The molecule has 2 aliphatic carbocycles. The monoisotopic (exact) mass is 257 g/mol. The molecular weight excluding hydrogens is 234 g/mol. The normalized spacial score (nSPS) is 30.4. The fraction of sp³-hybridized carbons (Fsp3) is 0.929. The zero-order valence-corrected chi connectivity index (χ0v) is 11.3. The molecule has 2 atom stereocenters. The summed E-state index contributed by atoms with van der Waals surface area (Å²) < 4.78 is 0. The van der Waals surface area contributed by atoms with Crippen LogP contribution in [0.25, 0.3) is 0 Å². The zero-order chi connectivity index (χ0) is 12.1. The van der Waals surface area contributed by atoms with Crippen molar-refractivity contribution in [1.29, 1.82) is 0 Å². The smallest absolute Gasteiger partial charge is 0.220 e. The predicted octanol–water partition coefficient (Wildman–Crippen LogP) is 3.48. The van der Waals surface area contributed by atoms with Gasteiger partial charge in [-0.15, -0.1) is 11.6 Å². The molecule has 0 aromatic rings. The third-order valence-electron chi connectivity index (χ3n) is 4.40. The number of amides is 1. The van der Waals surface area contributed by atoms with Crippen LogP contribution >= 0.6 is 11.6 Å². The van der Waals surface area contributed by atoms with Gasteiger partial charge in [-0.25, -0.2) is 0 Å². The Morgan fingerprint density at radius 1 is 1.06 bits per heavy atom. The second-order valence-corrected chi connectivity index (χ2v) is 6.04. The molecule has 0 aromatic heterocycles. The van der Waals surface area contributed by atoms with Crippen LogP contribution < -0.4 is 5.32 Å². The number of hydrogen-bond acceptors (Lipinski definition) is 1. The molecule has 0 radical (unpaired) electrons. The van der Waals surface area contributed by atoms with Crippen LogP contribution in [-0.2, 0) is 4.79 Å². The highest BCUT2D eigenvalue weighted by molar-refractivity contribution is 6.18. The Kier molecular flexibility index (Phi) is 5.15. The van der Waals surface area contributed by atoms with Crippen LogP contribution in [0.4, 0.5) is 0 Å². The summed E-state index contributed by atoms with van der Waals surface area (Å²) in [6, 6.07) is 0.343. The van der Waals surface area contributed by atoms with Gasteiger partial charge < -0.3 is 5.32 Å². The Bertz CT molecular complexity index is 251. The molecule has 2 unspecified atom stereocenters. The lowest BCUT2D eigenvalue weighted by Crippen LogP contribution is -2.43. The van der Waals surface area contributed by atoms with Gasteiger partial charge in [0.15, 0.2) is 0 Å². The third-order valence-corrected chi connectivity index (χ3v) is 4.80. The van der Waals surface area contributed by atoms with Crippen LogP contribution in [0.5, 0.6) is 0 Å². The molecule has 2 aliphatic rings. The lowest BCUT2D eigenvalue weighted by Gasteiger charge is -2.31. The molecule has 3 heteroatoms. The molecule has 17 heavy (non-hydrogen) atoms. The predicted molar refractivity (Wildman–Crippen MR) is 71.2 cm³/mol. The highest BCUT2D eigenvalue weighted by Crippen LogP contribution is 2.29. The number of carbonyl (C=O) groups excluding carboxylic acids is 1. The first kappa shape index (κ1) is 13.2. The van der Waals surface area contributed by atoms with Gasteiger partial charge in [0, 0.05) is 18.3 Å². The second-order valence-electron chi connectivity index (χ2n) is 5.73. The van der Waals surface area contributed by atoms with Crippen molar-refractivity contribution in [2.75, 3.05) is 5.88 Å². The van der Waals surface area contributed by atoms with E-state index in [1.807, 2.05) is 0 Å². The molecule has 0 heterocycles. The van der Waals surface area contributed by atoms with Crippen LogP contribution in [0, 0.1) is 11.8 Å². The zero-order valence-electron chi connectivity index (χ0n) is 10.6. The van der Waals surface area contributed by atoms with Crippen molar-refractivity contribution >= 4 is 17.5 Å². The van der Waals surface area contributed by atoms with Crippen molar-refractivity contribution < 1.29 is 4.79 Å². The molecule has 0 saturated heterocycles. The summed E-state index contributed by atoms with van der Waals surface area (Å²) in [4.78, 5) is 12.0. The number of rotatable bonds is 4. The minimum Gasteiger partial charge on any atom is -0.353 e. The molecule has 0 spiro atoms. The average molecular weight is 258 g/mol. The van der Waals surface area contributed by atoms with Gasteiger partial charge in [0.05, 0.1) is 0 Å². The van der Waals surface area contributed by atoms with Crippen LogP contribution in [0.2, 0.25) is 0 Å². The van der Waals surface area contributed by atoms with Crippen molar-refractivity contribution in [2.24, 2.45) is 11.8 Å². The molecule has 1 amide bonds. The molecule has 2 nitrogen and oxygen atoms in total. The van der Waals surface area contributed by atoms with E-state index < -0.39 is 0 Å². The van der Waals surface area contributed by atoms with E-state index in [4.69, 9.17) is 11.6 Å². The Labute approximate surface area is 109 Å². The van der Waals surface area contributed by atoms with E-state index >= 15 is 0 Å². The standard InChI is InChI=1S/C14H24ClNO/c15-10-12-7-3-4-8-13(12)16-14(17)9-11-5-1-2-6-11/h11-13H,1-10H2,(H,16,17). The molecule has 0 aliphatic heterocycles. The molecule has 98 valence electrons. The summed E-state index contributed by atoms with van der Waals surface area (Å²) >= 11 is 5.98. The Morgan fingerprint density at radius 3 is 2.41 bits per heavy atom. The molecular formula is C14H24ClNO. The summed E-state index contributed by atoms with van der Waals surface area (Å²) in [5.74, 6) is 2.10. The maximum Gasteiger partial charge on any atom is 0.220 e. The minimum absolute atomic E-state index is 0.263. The van der Waals surface area contributed by atoms with Crippen molar-refractivity contribution in [1.82, 2.24) is 5.32 Å². The lowest BCUT2D eigenvalue weighted by atomic mass is 9.85. The van der Waals surface area contributed by atoms with Crippen molar-refractivity contribution in [3.05, 3.63) is 0 Å².